The molecule has 17 heavy (non-hydrogen) atoms. The first-order valence-corrected chi connectivity index (χ1v) is 5.50. The van der Waals surface area contributed by atoms with Crippen LogP contribution in [0.25, 0.3) is 0 Å². The minimum Gasteiger partial charge on any atom is -0.496 e. The smallest absolute Gasteiger partial charge is 0.251 e. The van der Waals surface area contributed by atoms with Crippen LogP contribution in [0.1, 0.15) is 19.5 Å². The molecule has 2 rings (SSSR count). The average Bonchev–Trinajstić information content (AvgIpc) is 2.82. The van der Waals surface area contributed by atoms with Crippen molar-refractivity contribution in [2.24, 2.45) is 4.99 Å². The maximum absolute atomic E-state index is 11.5. The molecule has 5 heteroatoms. The Hall–Kier alpha value is -1.78. The molecule has 5 nitrogen and oxygen atoms in total. The van der Waals surface area contributed by atoms with E-state index in [2.05, 4.69) is 9.98 Å². The van der Waals surface area contributed by atoms with Crippen molar-refractivity contribution in [3.05, 3.63) is 28.2 Å². The van der Waals surface area contributed by atoms with Crippen molar-refractivity contribution in [3.63, 3.8) is 0 Å². The first kappa shape index (κ1) is 11.7. The summed E-state index contributed by atoms with van der Waals surface area (Å²) in [5, 5.41) is 0. The minimum absolute atomic E-state index is 0.189. The summed E-state index contributed by atoms with van der Waals surface area (Å²) in [6, 6.07) is 3.21. The second-order valence-corrected chi connectivity index (χ2v) is 4.46. The van der Waals surface area contributed by atoms with Crippen LogP contribution in [0.5, 0.6) is 5.75 Å². The van der Waals surface area contributed by atoms with Crippen molar-refractivity contribution in [2.75, 3.05) is 20.3 Å². The minimum atomic E-state index is -0.454. The zero-order valence-corrected chi connectivity index (χ0v) is 10.2. The van der Waals surface area contributed by atoms with Gasteiger partial charge in [0.15, 0.2) is 5.90 Å². The molecule has 0 aliphatic carbocycles. The van der Waals surface area contributed by atoms with E-state index < -0.39 is 5.41 Å². The Kier molecular flexibility index (Phi) is 2.92. The lowest BCUT2D eigenvalue weighted by atomic mass is 9.88. The Morgan fingerprint density at radius 3 is 2.82 bits per heavy atom. The monoisotopic (exact) mass is 236 g/mol. The van der Waals surface area contributed by atoms with Gasteiger partial charge in [0, 0.05) is 17.8 Å². The summed E-state index contributed by atoms with van der Waals surface area (Å²) in [5.41, 5.74) is 0.0954. The van der Waals surface area contributed by atoms with Gasteiger partial charge in [0.05, 0.1) is 19.1 Å². The zero-order valence-electron chi connectivity index (χ0n) is 10.2. The fourth-order valence-electron chi connectivity index (χ4n) is 1.80. The molecule has 0 bridgehead atoms. The summed E-state index contributed by atoms with van der Waals surface area (Å²) in [7, 11) is 1.54. The second-order valence-electron chi connectivity index (χ2n) is 4.46. The van der Waals surface area contributed by atoms with E-state index in [0.29, 0.717) is 24.8 Å². The third-order valence-corrected chi connectivity index (χ3v) is 2.85. The summed E-state index contributed by atoms with van der Waals surface area (Å²) < 4.78 is 10.6. The largest absolute Gasteiger partial charge is 0.496 e. The zero-order chi connectivity index (χ0) is 12.5. The van der Waals surface area contributed by atoms with Gasteiger partial charge in [-0.15, -0.1) is 0 Å². The summed E-state index contributed by atoms with van der Waals surface area (Å²) in [6.45, 7) is 5.20. The van der Waals surface area contributed by atoms with Crippen molar-refractivity contribution in [3.8, 4) is 5.75 Å². The number of methoxy groups -OCH3 is 1. The molecule has 1 aliphatic rings. The van der Waals surface area contributed by atoms with Crippen molar-refractivity contribution >= 4 is 5.90 Å². The average molecular weight is 236 g/mol. The number of aromatic amines is 1. The number of ether oxygens (including phenoxy) is 2. The fourth-order valence-corrected chi connectivity index (χ4v) is 1.80. The molecule has 0 saturated carbocycles. The van der Waals surface area contributed by atoms with Gasteiger partial charge in [-0.25, -0.2) is 0 Å². The molecule has 1 aromatic rings. The van der Waals surface area contributed by atoms with E-state index in [-0.39, 0.29) is 5.56 Å². The van der Waals surface area contributed by atoms with Gasteiger partial charge in [-0.2, -0.15) is 0 Å². The van der Waals surface area contributed by atoms with E-state index in [1.54, 1.807) is 6.07 Å². The highest BCUT2D eigenvalue weighted by Gasteiger charge is 2.32. The molecule has 0 saturated heterocycles. The fraction of sp³-hybridized carbons (Fsp3) is 0.500. The molecular formula is C12H16N2O3. The molecule has 0 amide bonds. The number of aliphatic imine (C=N–C) groups is 1. The Labute approximate surface area is 99.5 Å². The van der Waals surface area contributed by atoms with Crippen LogP contribution in [-0.4, -0.2) is 31.1 Å². The lowest BCUT2D eigenvalue weighted by Crippen LogP contribution is -2.32. The number of H-pyrrole nitrogens is 1. The second kappa shape index (κ2) is 4.24. The maximum Gasteiger partial charge on any atom is 0.251 e. The molecule has 1 aromatic heterocycles. The summed E-state index contributed by atoms with van der Waals surface area (Å²) >= 11 is 0. The highest BCUT2D eigenvalue weighted by molar-refractivity contribution is 5.87. The van der Waals surface area contributed by atoms with E-state index >= 15 is 0 Å². The number of rotatable bonds is 3. The number of nitrogens with one attached hydrogen (secondary N) is 1. The molecule has 1 aliphatic heterocycles. The molecule has 0 spiro atoms. The molecular weight excluding hydrogens is 220 g/mol. The SMILES string of the molecule is COc1cc(C(C)(C)C2=NCCO2)[nH]c(=O)c1. The van der Waals surface area contributed by atoms with Crippen LogP contribution < -0.4 is 10.3 Å². The van der Waals surface area contributed by atoms with Crippen molar-refractivity contribution in [2.45, 2.75) is 19.3 Å². The maximum atomic E-state index is 11.5. The van der Waals surface area contributed by atoms with E-state index in [1.165, 1.54) is 13.2 Å². The first-order chi connectivity index (χ1) is 8.04. The topological polar surface area (TPSA) is 63.7 Å². The molecule has 1 N–H and O–H groups in total. The summed E-state index contributed by atoms with van der Waals surface area (Å²) in [6.07, 6.45) is 0. The van der Waals surface area contributed by atoms with Gasteiger partial charge < -0.3 is 14.5 Å². The van der Waals surface area contributed by atoms with Crippen LogP contribution in [-0.2, 0) is 10.2 Å². The van der Waals surface area contributed by atoms with Gasteiger partial charge in [0.2, 0.25) is 0 Å². The van der Waals surface area contributed by atoms with Crippen molar-refractivity contribution < 1.29 is 9.47 Å². The normalized spacial score (nSPS) is 15.4. The summed E-state index contributed by atoms with van der Waals surface area (Å²) in [4.78, 5) is 18.6. The van der Waals surface area contributed by atoms with E-state index in [1.807, 2.05) is 13.8 Å². The van der Waals surface area contributed by atoms with Crippen LogP contribution in [0.4, 0.5) is 0 Å². The van der Waals surface area contributed by atoms with Gasteiger partial charge in [-0.1, -0.05) is 0 Å². The number of aromatic nitrogens is 1. The van der Waals surface area contributed by atoms with Crippen LogP contribution in [0.2, 0.25) is 0 Å². The lowest BCUT2D eigenvalue weighted by molar-refractivity contribution is 0.317. The number of nitrogens with zero attached hydrogens (tertiary/aromatic N) is 1. The number of hydrogen-bond donors (Lipinski definition) is 1. The molecule has 0 fully saturated rings. The van der Waals surface area contributed by atoms with E-state index in [4.69, 9.17) is 9.47 Å². The molecule has 2 heterocycles. The Morgan fingerprint density at radius 1 is 1.47 bits per heavy atom. The third-order valence-electron chi connectivity index (χ3n) is 2.85. The molecule has 0 atom stereocenters. The molecule has 0 aromatic carbocycles. The predicted octanol–water partition coefficient (Wildman–Crippen LogP) is 1.09. The van der Waals surface area contributed by atoms with Gasteiger partial charge >= 0.3 is 0 Å². The van der Waals surface area contributed by atoms with Crippen LogP contribution in [0.3, 0.4) is 0 Å². The highest BCUT2D eigenvalue weighted by atomic mass is 16.5. The van der Waals surface area contributed by atoms with Gasteiger partial charge in [0.25, 0.3) is 5.56 Å². The van der Waals surface area contributed by atoms with Gasteiger partial charge in [0.1, 0.15) is 12.4 Å². The standard InChI is InChI=1S/C12H16N2O3/c1-12(2,11-13-4-5-17-11)9-6-8(16-3)7-10(15)14-9/h6-7H,4-5H2,1-3H3,(H,14,15). The molecule has 92 valence electrons. The van der Waals surface area contributed by atoms with Crippen LogP contribution >= 0.6 is 0 Å². The summed E-state index contributed by atoms with van der Waals surface area (Å²) in [5.74, 6) is 1.19. The first-order valence-electron chi connectivity index (χ1n) is 5.50. The van der Waals surface area contributed by atoms with Crippen LogP contribution in [0, 0.1) is 0 Å². The van der Waals surface area contributed by atoms with Crippen LogP contribution in [0.15, 0.2) is 21.9 Å². The predicted molar refractivity (Wildman–Crippen MR) is 64.9 cm³/mol. The lowest BCUT2D eigenvalue weighted by Gasteiger charge is -2.24. The quantitative estimate of drug-likeness (QED) is 0.854. The van der Waals surface area contributed by atoms with Crippen molar-refractivity contribution in [1.29, 1.82) is 0 Å². The Bertz CT molecular complexity index is 503. The molecule has 0 radical (unpaired) electrons. The van der Waals surface area contributed by atoms with E-state index in [0.717, 1.165) is 5.69 Å². The van der Waals surface area contributed by atoms with E-state index in [9.17, 15) is 4.79 Å². The number of hydrogen-bond acceptors (Lipinski definition) is 4. The highest BCUT2D eigenvalue weighted by Crippen LogP contribution is 2.27. The third kappa shape index (κ3) is 2.18. The van der Waals surface area contributed by atoms with Gasteiger partial charge in [-0.05, 0) is 13.8 Å². The Balaban J connectivity index is 2.45. The van der Waals surface area contributed by atoms with Gasteiger partial charge in [-0.3, -0.25) is 9.79 Å². The Morgan fingerprint density at radius 2 is 2.24 bits per heavy atom. The number of pyridine rings is 1. The molecule has 0 unspecified atom stereocenters. The van der Waals surface area contributed by atoms with Crippen molar-refractivity contribution in [1.82, 2.24) is 4.98 Å².